The quantitative estimate of drug-likeness (QED) is 0.837. The van der Waals surface area contributed by atoms with Gasteiger partial charge in [0, 0.05) is 17.1 Å². The molecule has 0 spiro atoms. The van der Waals surface area contributed by atoms with Crippen molar-refractivity contribution in [2.45, 2.75) is 37.5 Å². The lowest BCUT2D eigenvalue weighted by atomic mass is 10.0. The average Bonchev–Trinajstić information content (AvgIpc) is 2.30. The second kappa shape index (κ2) is 4.99. The van der Waals surface area contributed by atoms with E-state index >= 15 is 0 Å². The molecule has 2 nitrogen and oxygen atoms in total. The van der Waals surface area contributed by atoms with Crippen LogP contribution in [0.3, 0.4) is 0 Å². The largest absolute Gasteiger partial charge is 0.387 e. The highest BCUT2D eigenvalue weighted by molar-refractivity contribution is 7.99. The monoisotopic (exact) mass is 223 g/mol. The standard InChI is InChI=1S/C12H17NOS/c1-9-5-6-10(8-13-9)12(14)11-4-2-3-7-15-11/h5-6,8,11-12,14H,2-4,7H2,1H3. The fourth-order valence-electron chi connectivity index (χ4n) is 1.88. The summed E-state index contributed by atoms with van der Waals surface area (Å²) in [6.45, 7) is 1.96. The van der Waals surface area contributed by atoms with Crippen LogP contribution in [0.25, 0.3) is 0 Å². The number of aliphatic hydroxyl groups is 1. The van der Waals surface area contributed by atoms with Gasteiger partial charge < -0.3 is 5.11 Å². The van der Waals surface area contributed by atoms with Gasteiger partial charge in [0.1, 0.15) is 0 Å². The van der Waals surface area contributed by atoms with Gasteiger partial charge >= 0.3 is 0 Å². The molecule has 0 bridgehead atoms. The van der Waals surface area contributed by atoms with Crippen molar-refractivity contribution >= 4 is 11.8 Å². The van der Waals surface area contributed by atoms with Crippen LogP contribution in [0.1, 0.15) is 36.6 Å². The van der Waals surface area contributed by atoms with Crippen LogP contribution in [0.2, 0.25) is 0 Å². The Hall–Kier alpha value is -0.540. The van der Waals surface area contributed by atoms with Crippen LogP contribution < -0.4 is 0 Å². The van der Waals surface area contributed by atoms with E-state index in [1.165, 1.54) is 18.6 Å². The topological polar surface area (TPSA) is 33.1 Å². The summed E-state index contributed by atoms with van der Waals surface area (Å²) in [7, 11) is 0. The summed E-state index contributed by atoms with van der Waals surface area (Å²) >= 11 is 1.89. The van der Waals surface area contributed by atoms with E-state index in [9.17, 15) is 5.11 Å². The zero-order chi connectivity index (χ0) is 10.7. The predicted molar refractivity (Wildman–Crippen MR) is 64.0 cm³/mol. The number of aryl methyl sites for hydroxylation is 1. The van der Waals surface area contributed by atoms with Crippen molar-refractivity contribution in [1.29, 1.82) is 0 Å². The number of rotatable bonds is 2. The second-order valence-electron chi connectivity index (χ2n) is 4.08. The van der Waals surface area contributed by atoms with Gasteiger partial charge in [0.05, 0.1) is 6.10 Å². The van der Waals surface area contributed by atoms with Crippen molar-refractivity contribution < 1.29 is 5.11 Å². The van der Waals surface area contributed by atoms with Crippen LogP contribution in [0.5, 0.6) is 0 Å². The molecule has 2 heterocycles. The molecule has 2 atom stereocenters. The van der Waals surface area contributed by atoms with Gasteiger partial charge in [0.15, 0.2) is 0 Å². The molecule has 2 rings (SSSR count). The van der Waals surface area contributed by atoms with Crippen LogP contribution in [0.4, 0.5) is 0 Å². The van der Waals surface area contributed by atoms with Gasteiger partial charge in [-0.05, 0) is 37.1 Å². The maximum atomic E-state index is 10.2. The SMILES string of the molecule is Cc1ccc(C(O)C2CCCCS2)cn1. The number of aliphatic hydroxyl groups excluding tert-OH is 1. The number of thioether (sulfide) groups is 1. The lowest BCUT2D eigenvalue weighted by Gasteiger charge is -2.26. The normalized spacial score (nSPS) is 23.7. The van der Waals surface area contributed by atoms with Crippen LogP contribution in [0, 0.1) is 6.92 Å². The third-order valence-corrected chi connectivity index (χ3v) is 4.29. The second-order valence-corrected chi connectivity index (χ2v) is 5.43. The Labute approximate surface area is 95.1 Å². The van der Waals surface area contributed by atoms with Crippen LogP contribution in [0.15, 0.2) is 18.3 Å². The third-order valence-electron chi connectivity index (χ3n) is 2.84. The highest BCUT2D eigenvalue weighted by Gasteiger charge is 2.23. The Bertz CT molecular complexity index is 306. The molecule has 1 aliphatic heterocycles. The molecule has 1 N–H and O–H groups in total. The summed E-state index contributed by atoms with van der Waals surface area (Å²) in [5.74, 6) is 1.18. The Morgan fingerprint density at radius 2 is 2.33 bits per heavy atom. The molecule has 2 unspecified atom stereocenters. The van der Waals surface area contributed by atoms with Gasteiger partial charge in [-0.2, -0.15) is 11.8 Å². The molecule has 3 heteroatoms. The molecule has 82 valence electrons. The number of pyridine rings is 1. The molecule has 1 aromatic rings. The summed E-state index contributed by atoms with van der Waals surface area (Å²) < 4.78 is 0. The number of aromatic nitrogens is 1. The molecular weight excluding hydrogens is 206 g/mol. The molecule has 1 fully saturated rings. The first-order valence-corrected chi connectivity index (χ1v) is 6.54. The smallest absolute Gasteiger partial charge is 0.0923 e. The fourth-order valence-corrected chi connectivity index (χ4v) is 3.23. The third kappa shape index (κ3) is 2.73. The Morgan fingerprint density at radius 1 is 1.47 bits per heavy atom. The van der Waals surface area contributed by atoms with Crippen molar-refractivity contribution in [3.05, 3.63) is 29.6 Å². The van der Waals surface area contributed by atoms with E-state index in [0.29, 0.717) is 5.25 Å². The van der Waals surface area contributed by atoms with Crippen LogP contribution in [-0.2, 0) is 0 Å². The molecule has 0 saturated carbocycles. The maximum absolute atomic E-state index is 10.2. The molecule has 15 heavy (non-hydrogen) atoms. The van der Waals surface area contributed by atoms with E-state index in [2.05, 4.69) is 4.98 Å². The summed E-state index contributed by atoms with van der Waals surface area (Å²) in [4.78, 5) is 4.23. The van der Waals surface area contributed by atoms with Gasteiger partial charge in [-0.25, -0.2) is 0 Å². The minimum absolute atomic E-state index is 0.344. The molecule has 0 aliphatic carbocycles. The average molecular weight is 223 g/mol. The summed E-state index contributed by atoms with van der Waals surface area (Å²) in [5.41, 5.74) is 1.96. The van der Waals surface area contributed by atoms with Crippen molar-refractivity contribution in [1.82, 2.24) is 4.98 Å². The van der Waals surface area contributed by atoms with Gasteiger partial charge in [0.2, 0.25) is 0 Å². The van der Waals surface area contributed by atoms with Gasteiger partial charge in [-0.1, -0.05) is 12.5 Å². The van der Waals surface area contributed by atoms with Crippen molar-refractivity contribution in [3.63, 3.8) is 0 Å². The van der Waals surface area contributed by atoms with E-state index in [4.69, 9.17) is 0 Å². The molecule has 0 amide bonds. The van der Waals surface area contributed by atoms with E-state index in [-0.39, 0.29) is 6.10 Å². The summed E-state index contributed by atoms with van der Waals surface area (Å²) in [6, 6.07) is 3.95. The van der Waals surface area contributed by atoms with Crippen molar-refractivity contribution in [2.75, 3.05) is 5.75 Å². The Morgan fingerprint density at radius 3 is 2.93 bits per heavy atom. The van der Waals surface area contributed by atoms with E-state index in [1.807, 2.05) is 30.8 Å². The molecular formula is C12H17NOS. The van der Waals surface area contributed by atoms with Crippen LogP contribution in [-0.4, -0.2) is 21.1 Å². The minimum atomic E-state index is -0.344. The maximum Gasteiger partial charge on any atom is 0.0923 e. The predicted octanol–water partition coefficient (Wildman–Crippen LogP) is 2.71. The van der Waals surface area contributed by atoms with E-state index < -0.39 is 0 Å². The molecule has 0 radical (unpaired) electrons. The summed E-state index contributed by atoms with van der Waals surface area (Å²) in [5, 5.41) is 10.5. The Balaban J connectivity index is 2.05. The van der Waals surface area contributed by atoms with Crippen LogP contribution >= 0.6 is 11.8 Å². The number of hydrogen-bond acceptors (Lipinski definition) is 3. The molecule has 1 aliphatic rings. The number of nitrogens with zero attached hydrogens (tertiary/aromatic N) is 1. The first kappa shape index (κ1) is 11.0. The van der Waals surface area contributed by atoms with Crippen molar-refractivity contribution in [3.8, 4) is 0 Å². The van der Waals surface area contributed by atoms with E-state index in [1.54, 1.807) is 6.20 Å². The highest BCUT2D eigenvalue weighted by Crippen LogP contribution is 2.34. The number of hydrogen-bond donors (Lipinski definition) is 1. The van der Waals surface area contributed by atoms with Gasteiger partial charge in [-0.15, -0.1) is 0 Å². The molecule has 1 aromatic heterocycles. The lowest BCUT2D eigenvalue weighted by Crippen LogP contribution is -2.19. The zero-order valence-corrected chi connectivity index (χ0v) is 9.83. The first-order valence-electron chi connectivity index (χ1n) is 5.49. The summed E-state index contributed by atoms with van der Waals surface area (Å²) in [6.07, 6.45) is 5.12. The Kier molecular flexibility index (Phi) is 3.65. The van der Waals surface area contributed by atoms with E-state index in [0.717, 1.165) is 17.7 Å². The van der Waals surface area contributed by atoms with Crippen molar-refractivity contribution in [2.24, 2.45) is 0 Å². The first-order chi connectivity index (χ1) is 7.27. The molecule has 1 saturated heterocycles. The van der Waals surface area contributed by atoms with Gasteiger partial charge in [0.25, 0.3) is 0 Å². The lowest BCUT2D eigenvalue weighted by molar-refractivity contribution is 0.168. The van der Waals surface area contributed by atoms with Gasteiger partial charge in [-0.3, -0.25) is 4.98 Å². The highest BCUT2D eigenvalue weighted by atomic mass is 32.2. The molecule has 0 aromatic carbocycles. The zero-order valence-electron chi connectivity index (χ0n) is 9.02. The minimum Gasteiger partial charge on any atom is -0.387 e. The fraction of sp³-hybridized carbons (Fsp3) is 0.583.